The summed E-state index contributed by atoms with van der Waals surface area (Å²) in [5.74, 6) is -0.218. The van der Waals surface area contributed by atoms with Crippen LogP contribution < -0.4 is 4.90 Å². The molecule has 1 aliphatic rings. The normalized spacial score (nSPS) is 15.3. The molecule has 1 saturated heterocycles. The average Bonchev–Trinajstić information content (AvgIpc) is 2.48. The Kier molecular flexibility index (Phi) is 4.82. The molecule has 0 unspecified atom stereocenters. The third-order valence-electron chi connectivity index (χ3n) is 3.76. The number of halogens is 1. The second kappa shape index (κ2) is 6.59. The predicted molar refractivity (Wildman–Crippen MR) is 78.5 cm³/mol. The molecule has 0 spiro atoms. The summed E-state index contributed by atoms with van der Waals surface area (Å²) in [7, 11) is 0. The molecule has 1 aromatic carbocycles. The van der Waals surface area contributed by atoms with E-state index < -0.39 is 0 Å². The minimum atomic E-state index is -0.218. The molecule has 0 radical (unpaired) electrons. The van der Waals surface area contributed by atoms with Crippen molar-refractivity contribution in [2.45, 2.75) is 13.8 Å². The van der Waals surface area contributed by atoms with Crippen LogP contribution in [-0.2, 0) is 0 Å². The SMILES string of the molecule is CCN(CC)C(=O)N1CCN(c2cccc(F)c2)CC1. The number of amides is 2. The summed E-state index contributed by atoms with van der Waals surface area (Å²) in [6.07, 6.45) is 0. The summed E-state index contributed by atoms with van der Waals surface area (Å²) >= 11 is 0. The number of piperazine rings is 1. The van der Waals surface area contributed by atoms with Crippen molar-refractivity contribution in [3.05, 3.63) is 30.1 Å². The second-order valence-electron chi connectivity index (χ2n) is 4.91. The Morgan fingerprint density at radius 3 is 2.40 bits per heavy atom. The molecule has 1 heterocycles. The lowest BCUT2D eigenvalue weighted by atomic mass is 10.2. The maximum atomic E-state index is 13.2. The van der Waals surface area contributed by atoms with Crippen molar-refractivity contribution in [1.29, 1.82) is 0 Å². The van der Waals surface area contributed by atoms with Gasteiger partial charge in [-0.15, -0.1) is 0 Å². The molecule has 1 fully saturated rings. The highest BCUT2D eigenvalue weighted by Gasteiger charge is 2.23. The van der Waals surface area contributed by atoms with Crippen LogP contribution in [-0.4, -0.2) is 55.1 Å². The Labute approximate surface area is 119 Å². The minimum absolute atomic E-state index is 0.105. The third-order valence-corrected chi connectivity index (χ3v) is 3.76. The summed E-state index contributed by atoms with van der Waals surface area (Å²) in [5, 5.41) is 0. The van der Waals surface area contributed by atoms with Crippen molar-refractivity contribution in [3.63, 3.8) is 0 Å². The van der Waals surface area contributed by atoms with Gasteiger partial charge in [0.15, 0.2) is 0 Å². The molecule has 0 N–H and O–H groups in total. The smallest absolute Gasteiger partial charge is 0.320 e. The van der Waals surface area contributed by atoms with Gasteiger partial charge in [0.25, 0.3) is 0 Å². The number of hydrogen-bond acceptors (Lipinski definition) is 2. The molecule has 2 amide bonds. The lowest BCUT2D eigenvalue weighted by Crippen LogP contribution is -2.52. The number of rotatable bonds is 3. The number of carbonyl (C=O) groups excluding carboxylic acids is 1. The Bertz CT molecular complexity index is 454. The molecule has 20 heavy (non-hydrogen) atoms. The van der Waals surface area contributed by atoms with Gasteiger partial charge in [-0.2, -0.15) is 0 Å². The van der Waals surface area contributed by atoms with E-state index in [4.69, 9.17) is 0 Å². The van der Waals surface area contributed by atoms with Gasteiger partial charge in [-0.25, -0.2) is 9.18 Å². The number of urea groups is 1. The van der Waals surface area contributed by atoms with Gasteiger partial charge >= 0.3 is 6.03 Å². The molecule has 0 aromatic heterocycles. The Morgan fingerprint density at radius 2 is 1.85 bits per heavy atom. The van der Waals surface area contributed by atoms with Crippen molar-refractivity contribution >= 4 is 11.7 Å². The minimum Gasteiger partial charge on any atom is -0.368 e. The van der Waals surface area contributed by atoms with E-state index in [1.165, 1.54) is 6.07 Å². The van der Waals surface area contributed by atoms with Gasteiger partial charge in [0.05, 0.1) is 0 Å². The Balaban J connectivity index is 1.94. The molecule has 0 bridgehead atoms. The number of nitrogens with zero attached hydrogens (tertiary/aromatic N) is 3. The van der Waals surface area contributed by atoms with Gasteiger partial charge in [0.1, 0.15) is 5.82 Å². The van der Waals surface area contributed by atoms with Crippen LogP contribution in [0.25, 0.3) is 0 Å². The number of anilines is 1. The third kappa shape index (κ3) is 3.21. The van der Waals surface area contributed by atoms with Crippen molar-refractivity contribution < 1.29 is 9.18 Å². The van der Waals surface area contributed by atoms with Crippen LogP contribution in [0, 0.1) is 5.82 Å². The van der Waals surface area contributed by atoms with E-state index in [9.17, 15) is 9.18 Å². The first-order valence-electron chi connectivity index (χ1n) is 7.20. The first-order chi connectivity index (χ1) is 9.65. The molecule has 4 nitrogen and oxygen atoms in total. The molecule has 1 aromatic rings. The fraction of sp³-hybridized carbons (Fsp3) is 0.533. The summed E-state index contributed by atoms with van der Waals surface area (Å²) < 4.78 is 13.2. The monoisotopic (exact) mass is 279 g/mol. The van der Waals surface area contributed by atoms with Crippen molar-refractivity contribution in [3.8, 4) is 0 Å². The Hall–Kier alpha value is -1.78. The van der Waals surface area contributed by atoms with Crippen LogP contribution in [0.3, 0.4) is 0 Å². The van der Waals surface area contributed by atoms with E-state index >= 15 is 0 Å². The molecule has 0 aliphatic carbocycles. The topological polar surface area (TPSA) is 26.8 Å². The van der Waals surface area contributed by atoms with Crippen molar-refractivity contribution in [2.24, 2.45) is 0 Å². The molecule has 0 saturated carbocycles. The number of benzene rings is 1. The maximum absolute atomic E-state index is 13.2. The molecule has 0 atom stereocenters. The molecular weight excluding hydrogens is 257 g/mol. The zero-order valence-electron chi connectivity index (χ0n) is 12.2. The number of carbonyl (C=O) groups is 1. The van der Waals surface area contributed by atoms with E-state index in [0.29, 0.717) is 13.1 Å². The molecule has 110 valence electrons. The maximum Gasteiger partial charge on any atom is 0.320 e. The lowest BCUT2D eigenvalue weighted by molar-refractivity contribution is 0.154. The van der Waals surface area contributed by atoms with Gasteiger partial charge in [-0.05, 0) is 32.0 Å². The summed E-state index contributed by atoms with van der Waals surface area (Å²) in [6.45, 7) is 8.32. The van der Waals surface area contributed by atoms with Gasteiger partial charge < -0.3 is 14.7 Å². The van der Waals surface area contributed by atoms with Crippen LogP contribution in [0.1, 0.15) is 13.8 Å². The van der Waals surface area contributed by atoms with Crippen LogP contribution in [0.2, 0.25) is 0 Å². The zero-order chi connectivity index (χ0) is 14.5. The van der Waals surface area contributed by atoms with Crippen molar-refractivity contribution in [1.82, 2.24) is 9.80 Å². The Morgan fingerprint density at radius 1 is 1.20 bits per heavy atom. The molecule has 2 rings (SSSR count). The lowest BCUT2D eigenvalue weighted by Gasteiger charge is -2.38. The first-order valence-corrected chi connectivity index (χ1v) is 7.20. The highest BCUT2D eigenvalue weighted by Crippen LogP contribution is 2.18. The average molecular weight is 279 g/mol. The number of hydrogen-bond donors (Lipinski definition) is 0. The van der Waals surface area contributed by atoms with E-state index in [2.05, 4.69) is 4.90 Å². The van der Waals surface area contributed by atoms with Crippen LogP contribution >= 0.6 is 0 Å². The van der Waals surface area contributed by atoms with E-state index in [1.807, 2.05) is 29.7 Å². The van der Waals surface area contributed by atoms with Crippen molar-refractivity contribution in [2.75, 3.05) is 44.2 Å². The molecular formula is C15H22FN3O. The summed E-state index contributed by atoms with van der Waals surface area (Å²) in [4.78, 5) is 18.1. The summed E-state index contributed by atoms with van der Waals surface area (Å²) in [6, 6.07) is 6.73. The zero-order valence-corrected chi connectivity index (χ0v) is 12.2. The van der Waals surface area contributed by atoms with Gasteiger partial charge in [-0.3, -0.25) is 0 Å². The standard InChI is InChI=1S/C15H22FN3O/c1-3-17(4-2)15(20)19-10-8-18(9-11-19)14-7-5-6-13(16)12-14/h5-7,12H,3-4,8-11H2,1-2H3. The van der Waals surface area contributed by atoms with Crippen LogP contribution in [0.5, 0.6) is 0 Å². The fourth-order valence-electron chi connectivity index (χ4n) is 2.52. The summed E-state index contributed by atoms with van der Waals surface area (Å²) in [5.41, 5.74) is 0.889. The van der Waals surface area contributed by atoms with Crippen LogP contribution in [0.4, 0.5) is 14.9 Å². The predicted octanol–water partition coefficient (Wildman–Crippen LogP) is 2.41. The van der Waals surface area contributed by atoms with E-state index in [-0.39, 0.29) is 11.8 Å². The quantitative estimate of drug-likeness (QED) is 0.849. The second-order valence-corrected chi connectivity index (χ2v) is 4.91. The largest absolute Gasteiger partial charge is 0.368 e. The molecule has 1 aliphatic heterocycles. The van der Waals surface area contributed by atoms with E-state index in [0.717, 1.165) is 31.9 Å². The van der Waals surface area contributed by atoms with Gasteiger partial charge in [0.2, 0.25) is 0 Å². The highest BCUT2D eigenvalue weighted by molar-refractivity contribution is 5.74. The van der Waals surface area contributed by atoms with E-state index in [1.54, 1.807) is 12.1 Å². The van der Waals surface area contributed by atoms with Gasteiger partial charge in [-0.1, -0.05) is 6.07 Å². The van der Waals surface area contributed by atoms with Gasteiger partial charge in [0, 0.05) is 45.0 Å². The highest BCUT2D eigenvalue weighted by atomic mass is 19.1. The first kappa shape index (κ1) is 14.6. The van der Waals surface area contributed by atoms with Crippen LogP contribution in [0.15, 0.2) is 24.3 Å². The molecule has 5 heteroatoms. The fourth-order valence-corrected chi connectivity index (χ4v) is 2.52.